The average Bonchev–Trinajstić information content (AvgIpc) is 2.47. The molecule has 0 saturated carbocycles. The highest BCUT2D eigenvalue weighted by molar-refractivity contribution is 5.79. The Morgan fingerprint density at radius 2 is 1.80 bits per heavy atom. The zero-order valence-electron chi connectivity index (χ0n) is 11.8. The second-order valence-corrected chi connectivity index (χ2v) is 4.18. The maximum atomic E-state index is 12.1. The van der Waals surface area contributed by atoms with E-state index in [1.807, 2.05) is 0 Å². The van der Waals surface area contributed by atoms with E-state index in [9.17, 15) is 4.79 Å². The molecule has 0 aliphatic rings. The van der Waals surface area contributed by atoms with Gasteiger partial charge in [-0.15, -0.1) is 0 Å². The number of amides is 1. The van der Waals surface area contributed by atoms with E-state index < -0.39 is 0 Å². The zero-order chi connectivity index (χ0) is 15.0. The molecule has 6 heteroatoms. The van der Waals surface area contributed by atoms with Gasteiger partial charge in [0.15, 0.2) is 0 Å². The van der Waals surface area contributed by atoms with E-state index >= 15 is 0 Å². The van der Waals surface area contributed by atoms with Crippen molar-refractivity contribution in [1.29, 1.82) is 0 Å². The molecule has 1 aromatic rings. The third-order valence-corrected chi connectivity index (χ3v) is 2.93. The third-order valence-electron chi connectivity index (χ3n) is 2.93. The summed E-state index contributed by atoms with van der Waals surface area (Å²) in [6.07, 6.45) is 0.146. The number of benzene rings is 1. The van der Waals surface area contributed by atoms with Crippen LogP contribution in [0.5, 0.6) is 11.5 Å². The lowest BCUT2D eigenvalue weighted by Crippen LogP contribution is -2.36. The molecule has 1 aromatic carbocycles. The molecule has 0 aromatic heterocycles. The van der Waals surface area contributed by atoms with Gasteiger partial charge in [-0.3, -0.25) is 4.79 Å². The summed E-state index contributed by atoms with van der Waals surface area (Å²) >= 11 is 0. The Morgan fingerprint density at radius 3 is 2.30 bits per heavy atom. The highest BCUT2D eigenvalue weighted by Crippen LogP contribution is 2.25. The first-order valence-corrected chi connectivity index (χ1v) is 6.36. The number of hydrogen-bond donors (Lipinski definition) is 2. The first kappa shape index (κ1) is 16.3. The molecule has 0 spiro atoms. The zero-order valence-corrected chi connectivity index (χ0v) is 11.8. The van der Waals surface area contributed by atoms with E-state index in [2.05, 4.69) is 0 Å². The normalized spacial score (nSPS) is 10.2. The predicted octanol–water partition coefficient (Wildman–Crippen LogP) is 0.0595. The monoisotopic (exact) mass is 283 g/mol. The van der Waals surface area contributed by atoms with Gasteiger partial charge in [0, 0.05) is 24.7 Å². The highest BCUT2D eigenvalue weighted by Gasteiger charge is 2.15. The number of methoxy groups -OCH3 is 2. The van der Waals surface area contributed by atoms with E-state index in [-0.39, 0.29) is 38.6 Å². The summed E-state index contributed by atoms with van der Waals surface area (Å²) in [5, 5.41) is 17.9. The van der Waals surface area contributed by atoms with Crippen LogP contribution in [0.3, 0.4) is 0 Å². The van der Waals surface area contributed by atoms with Gasteiger partial charge in [-0.2, -0.15) is 0 Å². The van der Waals surface area contributed by atoms with Crippen molar-refractivity contribution in [2.75, 3.05) is 40.5 Å². The number of nitrogens with zero attached hydrogens (tertiary/aromatic N) is 1. The largest absolute Gasteiger partial charge is 0.497 e. The lowest BCUT2D eigenvalue weighted by Gasteiger charge is -2.21. The molecule has 0 heterocycles. The molecule has 0 radical (unpaired) electrons. The van der Waals surface area contributed by atoms with Crippen LogP contribution in [-0.4, -0.2) is 61.5 Å². The Morgan fingerprint density at radius 1 is 1.15 bits per heavy atom. The van der Waals surface area contributed by atoms with Crippen molar-refractivity contribution >= 4 is 5.91 Å². The summed E-state index contributed by atoms with van der Waals surface area (Å²) in [7, 11) is 3.09. The van der Waals surface area contributed by atoms with Crippen LogP contribution in [-0.2, 0) is 11.2 Å². The highest BCUT2D eigenvalue weighted by atomic mass is 16.5. The van der Waals surface area contributed by atoms with Crippen LogP contribution in [0.4, 0.5) is 0 Å². The summed E-state index contributed by atoms with van der Waals surface area (Å²) in [6.45, 7) is 0.146. The van der Waals surface area contributed by atoms with Gasteiger partial charge in [-0.1, -0.05) is 6.07 Å². The van der Waals surface area contributed by atoms with Crippen molar-refractivity contribution in [3.8, 4) is 11.5 Å². The molecule has 20 heavy (non-hydrogen) atoms. The van der Waals surface area contributed by atoms with Gasteiger partial charge < -0.3 is 24.6 Å². The minimum Gasteiger partial charge on any atom is -0.497 e. The standard InChI is InChI=1S/C14H21NO5/c1-19-12-4-3-11(13(10-12)20-2)9-14(18)15(5-7-16)6-8-17/h3-4,10,16-17H,5-9H2,1-2H3. The quantitative estimate of drug-likeness (QED) is 0.705. The maximum Gasteiger partial charge on any atom is 0.227 e. The Bertz CT molecular complexity index is 430. The molecule has 0 aliphatic carbocycles. The molecule has 0 atom stereocenters. The van der Waals surface area contributed by atoms with Gasteiger partial charge in [0.25, 0.3) is 0 Å². The van der Waals surface area contributed by atoms with Gasteiger partial charge in [-0.05, 0) is 6.07 Å². The third kappa shape index (κ3) is 4.40. The number of ether oxygens (including phenoxy) is 2. The summed E-state index contributed by atoms with van der Waals surface area (Å²) in [4.78, 5) is 13.6. The van der Waals surface area contributed by atoms with Crippen LogP contribution < -0.4 is 9.47 Å². The average molecular weight is 283 g/mol. The Hall–Kier alpha value is -1.79. The fraction of sp³-hybridized carbons (Fsp3) is 0.500. The minimum atomic E-state index is -0.170. The molecule has 1 amide bonds. The number of carbonyl (C=O) groups excluding carboxylic acids is 1. The van der Waals surface area contributed by atoms with Crippen molar-refractivity contribution in [2.45, 2.75) is 6.42 Å². The number of aliphatic hydroxyl groups is 2. The number of rotatable bonds is 8. The smallest absolute Gasteiger partial charge is 0.227 e. The summed E-state index contributed by atoms with van der Waals surface area (Å²) in [6, 6.07) is 5.24. The van der Waals surface area contributed by atoms with Crippen molar-refractivity contribution in [3.05, 3.63) is 23.8 Å². The molecule has 0 saturated heterocycles. The van der Waals surface area contributed by atoms with Crippen LogP contribution in [0.25, 0.3) is 0 Å². The van der Waals surface area contributed by atoms with Gasteiger partial charge in [0.05, 0.1) is 33.9 Å². The predicted molar refractivity (Wildman–Crippen MR) is 74.0 cm³/mol. The van der Waals surface area contributed by atoms with Gasteiger partial charge in [-0.25, -0.2) is 0 Å². The second-order valence-electron chi connectivity index (χ2n) is 4.18. The summed E-state index contributed by atoms with van der Waals surface area (Å²) in [5.41, 5.74) is 0.735. The molecule has 6 nitrogen and oxygen atoms in total. The topological polar surface area (TPSA) is 79.2 Å². The molecule has 0 fully saturated rings. The number of carbonyl (C=O) groups is 1. The van der Waals surface area contributed by atoms with Gasteiger partial charge in [0.1, 0.15) is 11.5 Å². The van der Waals surface area contributed by atoms with Crippen molar-refractivity contribution in [3.63, 3.8) is 0 Å². The van der Waals surface area contributed by atoms with E-state index in [4.69, 9.17) is 19.7 Å². The Balaban J connectivity index is 2.82. The van der Waals surface area contributed by atoms with Gasteiger partial charge in [0.2, 0.25) is 5.91 Å². The lowest BCUT2D eigenvalue weighted by atomic mass is 10.1. The van der Waals surface area contributed by atoms with Crippen LogP contribution in [0.2, 0.25) is 0 Å². The van der Waals surface area contributed by atoms with Crippen molar-refractivity contribution in [2.24, 2.45) is 0 Å². The first-order valence-electron chi connectivity index (χ1n) is 6.36. The van der Waals surface area contributed by atoms with Crippen LogP contribution in [0.1, 0.15) is 5.56 Å². The molecular weight excluding hydrogens is 262 g/mol. The maximum absolute atomic E-state index is 12.1. The first-order chi connectivity index (χ1) is 9.65. The fourth-order valence-electron chi connectivity index (χ4n) is 1.88. The molecule has 0 aliphatic heterocycles. The number of hydrogen-bond acceptors (Lipinski definition) is 5. The molecule has 112 valence electrons. The molecule has 0 bridgehead atoms. The van der Waals surface area contributed by atoms with E-state index in [1.54, 1.807) is 25.3 Å². The molecular formula is C14H21NO5. The van der Waals surface area contributed by atoms with Crippen LogP contribution >= 0.6 is 0 Å². The van der Waals surface area contributed by atoms with E-state index in [1.165, 1.54) is 12.0 Å². The van der Waals surface area contributed by atoms with Gasteiger partial charge >= 0.3 is 0 Å². The number of aliphatic hydroxyl groups excluding tert-OH is 2. The molecule has 0 unspecified atom stereocenters. The SMILES string of the molecule is COc1ccc(CC(=O)N(CCO)CCO)c(OC)c1. The molecule has 1 rings (SSSR count). The Labute approximate surface area is 118 Å². The van der Waals surface area contributed by atoms with E-state index in [0.29, 0.717) is 11.5 Å². The second kappa shape index (κ2) is 8.39. The summed E-state index contributed by atoms with van der Waals surface area (Å²) < 4.78 is 10.3. The minimum absolute atomic E-state index is 0.133. The van der Waals surface area contributed by atoms with Crippen LogP contribution in [0, 0.1) is 0 Å². The fourth-order valence-corrected chi connectivity index (χ4v) is 1.88. The van der Waals surface area contributed by atoms with Crippen molar-refractivity contribution in [1.82, 2.24) is 4.90 Å². The van der Waals surface area contributed by atoms with Crippen LogP contribution in [0.15, 0.2) is 18.2 Å². The van der Waals surface area contributed by atoms with E-state index in [0.717, 1.165) is 5.56 Å². The Kier molecular flexibility index (Phi) is 6.83. The summed E-state index contributed by atoms with van der Waals surface area (Å²) in [5.74, 6) is 1.06. The van der Waals surface area contributed by atoms with Crippen molar-refractivity contribution < 1.29 is 24.5 Å². The molecule has 2 N–H and O–H groups in total. The lowest BCUT2D eigenvalue weighted by molar-refractivity contribution is -0.131.